The molecule has 116 valence electrons. The van der Waals surface area contributed by atoms with Crippen molar-refractivity contribution in [2.75, 3.05) is 13.2 Å². The molecule has 2 rings (SSSR count). The Morgan fingerprint density at radius 3 is 2.86 bits per heavy atom. The maximum atomic E-state index is 12.2. The van der Waals surface area contributed by atoms with Gasteiger partial charge < -0.3 is 9.84 Å². The van der Waals surface area contributed by atoms with E-state index < -0.39 is 12.5 Å². The molecule has 1 aromatic rings. The topological polar surface area (TPSA) is 66.8 Å². The summed E-state index contributed by atoms with van der Waals surface area (Å²) in [6.07, 6.45) is 2.57. The number of carbonyl (C=O) groups excluding carboxylic acids is 1. The van der Waals surface area contributed by atoms with Gasteiger partial charge in [0.25, 0.3) is 5.91 Å². The normalized spacial score (nSPS) is 16.4. The molecule has 0 spiro atoms. The van der Waals surface area contributed by atoms with Crippen LogP contribution < -0.4 is 4.74 Å². The highest BCUT2D eigenvalue weighted by molar-refractivity contribution is 8.26. The Kier molecular flexibility index (Phi) is 5.57. The average molecular weight is 337 g/mol. The minimum atomic E-state index is -1.09. The predicted octanol–water partition coefficient (Wildman–Crippen LogP) is 2.76. The number of thioether (sulfide) groups is 1. The lowest BCUT2D eigenvalue weighted by Crippen LogP contribution is -2.33. The van der Waals surface area contributed by atoms with E-state index in [2.05, 4.69) is 0 Å². The van der Waals surface area contributed by atoms with E-state index in [4.69, 9.17) is 22.1 Å². The first-order valence-corrected chi connectivity index (χ1v) is 7.94. The van der Waals surface area contributed by atoms with Crippen molar-refractivity contribution < 1.29 is 19.4 Å². The van der Waals surface area contributed by atoms with E-state index >= 15 is 0 Å². The van der Waals surface area contributed by atoms with Crippen molar-refractivity contribution in [3.05, 3.63) is 34.7 Å². The average Bonchev–Trinajstić information content (AvgIpc) is 2.73. The van der Waals surface area contributed by atoms with Crippen LogP contribution in [-0.4, -0.2) is 39.4 Å². The Bertz CT molecular complexity index is 642. The van der Waals surface area contributed by atoms with E-state index in [0.717, 1.165) is 28.6 Å². The first-order chi connectivity index (χ1) is 10.5. The number of benzene rings is 1. The van der Waals surface area contributed by atoms with E-state index in [1.807, 2.05) is 31.2 Å². The van der Waals surface area contributed by atoms with Crippen molar-refractivity contribution in [3.63, 3.8) is 0 Å². The number of hydrogen-bond donors (Lipinski definition) is 1. The number of nitrogens with zero attached hydrogens (tertiary/aromatic N) is 1. The summed E-state index contributed by atoms with van der Waals surface area (Å²) in [7, 11) is 0. The molecule has 1 aromatic carbocycles. The SMILES string of the molecule is CCCOc1ccccc1/C=C1\SC(=S)N(CC(=O)O)C1=O. The molecule has 5 nitrogen and oxygen atoms in total. The predicted molar refractivity (Wildman–Crippen MR) is 89.7 cm³/mol. The van der Waals surface area contributed by atoms with Crippen LogP contribution in [0.4, 0.5) is 0 Å². The van der Waals surface area contributed by atoms with Crippen LogP contribution in [-0.2, 0) is 9.59 Å². The molecule has 7 heteroatoms. The first kappa shape index (κ1) is 16.5. The zero-order valence-corrected chi connectivity index (χ0v) is 13.6. The van der Waals surface area contributed by atoms with Gasteiger partial charge in [-0.1, -0.05) is 49.1 Å². The molecule has 0 atom stereocenters. The van der Waals surface area contributed by atoms with E-state index in [1.165, 1.54) is 0 Å². The van der Waals surface area contributed by atoms with Gasteiger partial charge >= 0.3 is 5.97 Å². The Morgan fingerprint density at radius 1 is 1.45 bits per heavy atom. The van der Waals surface area contributed by atoms with Crippen molar-refractivity contribution in [1.82, 2.24) is 4.90 Å². The standard InChI is InChI=1S/C15H15NO4S2/c1-2-7-20-11-6-4-3-5-10(11)8-12-14(19)16(9-13(17)18)15(21)22-12/h3-6,8H,2,7,9H2,1H3,(H,17,18)/b12-8-. The maximum absolute atomic E-state index is 12.2. The summed E-state index contributed by atoms with van der Waals surface area (Å²) < 4.78 is 5.90. The van der Waals surface area contributed by atoms with E-state index in [0.29, 0.717) is 17.3 Å². The van der Waals surface area contributed by atoms with Crippen LogP contribution in [0, 0.1) is 0 Å². The zero-order chi connectivity index (χ0) is 16.1. The summed E-state index contributed by atoms with van der Waals surface area (Å²) in [6.45, 7) is 2.18. The number of carboxylic acid groups (broad SMARTS) is 1. The van der Waals surface area contributed by atoms with Gasteiger partial charge in [-0.3, -0.25) is 14.5 Å². The lowest BCUT2D eigenvalue weighted by molar-refractivity contribution is -0.140. The highest BCUT2D eigenvalue weighted by Crippen LogP contribution is 2.34. The van der Waals surface area contributed by atoms with Crippen molar-refractivity contribution >= 4 is 46.3 Å². The van der Waals surface area contributed by atoms with E-state index in [9.17, 15) is 9.59 Å². The summed E-state index contributed by atoms with van der Waals surface area (Å²) in [6, 6.07) is 7.38. The van der Waals surface area contributed by atoms with Crippen LogP contribution in [0.5, 0.6) is 5.75 Å². The third-order valence-electron chi connectivity index (χ3n) is 2.83. The molecule has 1 fully saturated rings. The third-order valence-corrected chi connectivity index (χ3v) is 4.21. The molecule has 0 saturated carbocycles. The van der Waals surface area contributed by atoms with Crippen molar-refractivity contribution in [2.45, 2.75) is 13.3 Å². The number of aliphatic carboxylic acids is 1. The van der Waals surface area contributed by atoms with Gasteiger partial charge in [-0.25, -0.2) is 0 Å². The molecular weight excluding hydrogens is 322 g/mol. The number of ether oxygens (including phenoxy) is 1. The van der Waals surface area contributed by atoms with Gasteiger partial charge in [0, 0.05) is 5.56 Å². The Labute approximate surface area is 137 Å². The quantitative estimate of drug-likeness (QED) is 0.636. The van der Waals surface area contributed by atoms with E-state index in [-0.39, 0.29) is 10.2 Å². The third kappa shape index (κ3) is 3.86. The summed E-state index contributed by atoms with van der Waals surface area (Å²) in [4.78, 5) is 24.5. The van der Waals surface area contributed by atoms with Gasteiger partial charge in [0.1, 0.15) is 16.6 Å². The number of rotatable bonds is 6. The molecular formula is C15H15NO4S2. The van der Waals surface area contributed by atoms with Crippen molar-refractivity contribution in [2.24, 2.45) is 0 Å². The molecule has 1 aliphatic heterocycles. The molecule has 1 saturated heterocycles. The Balaban J connectivity index is 2.25. The lowest BCUT2D eigenvalue weighted by atomic mass is 10.2. The molecule has 0 bridgehead atoms. The molecule has 1 heterocycles. The molecule has 0 aliphatic carbocycles. The molecule has 22 heavy (non-hydrogen) atoms. The van der Waals surface area contributed by atoms with Crippen molar-refractivity contribution in [3.8, 4) is 5.75 Å². The molecule has 0 radical (unpaired) electrons. The minimum Gasteiger partial charge on any atom is -0.493 e. The molecule has 1 amide bonds. The van der Waals surface area contributed by atoms with Gasteiger partial charge in [0.2, 0.25) is 0 Å². The summed E-state index contributed by atoms with van der Waals surface area (Å²) >= 11 is 6.17. The highest BCUT2D eigenvalue weighted by Gasteiger charge is 2.33. The fraction of sp³-hybridized carbons (Fsp3) is 0.267. The summed E-state index contributed by atoms with van der Waals surface area (Å²) in [5.74, 6) is -0.792. The number of para-hydroxylation sites is 1. The van der Waals surface area contributed by atoms with Gasteiger partial charge in [0.05, 0.1) is 11.5 Å². The number of carboxylic acids is 1. The zero-order valence-electron chi connectivity index (χ0n) is 11.9. The lowest BCUT2D eigenvalue weighted by Gasteiger charge is -2.10. The van der Waals surface area contributed by atoms with Crippen LogP contribution in [0.25, 0.3) is 6.08 Å². The van der Waals surface area contributed by atoms with Gasteiger partial charge in [-0.2, -0.15) is 0 Å². The fourth-order valence-corrected chi connectivity index (χ4v) is 3.10. The Hall–Kier alpha value is -1.86. The summed E-state index contributed by atoms with van der Waals surface area (Å²) in [5.41, 5.74) is 0.770. The van der Waals surface area contributed by atoms with E-state index in [1.54, 1.807) is 6.08 Å². The monoisotopic (exact) mass is 337 g/mol. The van der Waals surface area contributed by atoms with Crippen LogP contribution in [0.3, 0.4) is 0 Å². The second-order valence-electron chi connectivity index (χ2n) is 4.55. The van der Waals surface area contributed by atoms with Gasteiger partial charge in [0.15, 0.2) is 0 Å². The van der Waals surface area contributed by atoms with Crippen LogP contribution >= 0.6 is 24.0 Å². The fourth-order valence-electron chi connectivity index (χ4n) is 1.86. The minimum absolute atomic E-state index is 0.255. The van der Waals surface area contributed by atoms with Crippen LogP contribution in [0.2, 0.25) is 0 Å². The highest BCUT2D eigenvalue weighted by atomic mass is 32.2. The second kappa shape index (κ2) is 7.42. The second-order valence-corrected chi connectivity index (χ2v) is 6.22. The first-order valence-electron chi connectivity index (χ1n) is 6.72. The molecule has 1 N–H and O–H groups in total. The van der Waals surface area contributed by atoms with Crippen molar-refractivity contribution in [1.29, 1.82) is 0 Å². The molecule has 0 aromatic heterocycles. The number of amides is 1. The van der Waals surface area contributed by atoms with Gasteiger partial charge in [-0.15, -0.1) is 0 Å². The Morgan fingerprint density at radius 2 is 2.18 bits per heavy atom. The number of carbonyl (C=O) groups is 2. The molecule has 0 unspecified atom stereocenters. The summed E-state index contributed by atoms with van der Waals surface area (Å²) in [5, 5.41) is 8.82. The van der Waals surface area contributed by atoms with Gasteiger partial charge in [-0.05, 0) is 18.6 Å². The van der Waals surface area contributed by atoms with Crippen LogP contribution in [0.1, 0.15) is 18.9 Å². The van der Waals surface area contributed by atoms with Crippen LogP contribution in [0.15, 0.2) is 29.2 Å². The maximum Gasteiger partial charge on any atom is 0.323 e. The number of hydrogen-bond acceptors (Lipinski definition) is 5. The number of thiocarbonyl (C=S) groups is 1. The largest absolute Gasteiger partial charge is 0.493 e. The molecule has 1 aliphatic rings. The smallest absolute Gasteiger partial charge is 0.323 e.